The molecule has 1 aromatic rings. The van der Waals surface area contributed by atoms with Crippen molar-refractivity contribution in [1.29, 1.82) is 0 Å². The van der Waals surface area contributed by atoms with Gasteiger partial charge in [-0.05, 0) is 18.1 Å². The normalized spacial score (nSPS) is 16.6. The van der Waals surface area contributed by atoms with E-state index in [0.29, 0.717) is 19.6 Å². The van der Waals surface area contributed by atoms with Gasteiger partial charge in [-0.3, -0.25) is 0 Å². The molecule has 2 rings (SSSR count). The Morgan fingerprint density at radius 3 is 2.94 bits per heavy atom. The van der Waals surface area contributed by atoms with Crippen LogP contribution < -0.4 is 15.2 Å². The van der Waals surface area contributed by atoms with Crippen LogP contribution in [0, 0.1) is 0 Å². The van der Waals surface area contributed by atoms with Gasteiger partial charge in [0.25, 0.3) is 0 Å². The van der Waals surface area contributed by atoms with Gasteiger partial charge in [-0.1, -0.05) is 12.1 Å². The standard InChI is InChI=1S/C12H17NO3/c13-10(8-14)7-9-3-1-4-11-12(9)16-6-2-5-15-11/h1,3-4,10,14H,2,5-8,13H2. The summed E-state index contributed by atoms with van der Waals surface area (Å²) in [5.74, 6) is 1.56. The van der Waals surface area contributed by atoms with Gasteiger partial charge in [0, 0.05) is 12.5 Å². The molecular formula is C12H17NO3. The Balaban J connectivity index is 2.24. The predicted molar refractivity (Wildman–Crippen MR) is 60.8 cm³/mol. The highest BCUT2D eigenvalue weighted by atomic mass is 16.5. The van der Waals surface area contributed by atoms with E-state index in [-0.39, 0.29) is 12.6 Å². The smallest absolute Gasteiger partial charge is 0.164 e. The van der Waals surface area contributed by atoms with Crippen molar-refractivity contribution >= 4 is 0 Å². The Morgan fingerprint density at radius 1 is 1.31 bits per heavy atom. The van der Waals surface area contributed by atoms with Gasteiger partial charge in [-0.2, -0.15) is 0 Å². The Bertz CT molecular complexity index is 354. The predicted octanol–water partition coefficient (Wildman–Crippen LogP) is 0.710. The van der Waals surface area contributed by atoms with E-state index >= 15 is 0 Å². The van der Waals surface area contributed by atoms with Crippen molar-refractivity contribution in [2.45, 2.75) is 18.9 Å². The lowest BCUT2D eigenvalue weighted by molar-refractivity contribution is 0.263. The molecule has 4 nitrogen and oxygen atoms in total. The monoisotopic (exact) mass is 223 g/mol. The van der Waals surface area contributed by atoms with Crippen LogP contribution in [0.3, 0.4) is 0 Å². The summed E-state index contributed by atoms with van der Waals surface area (Å²) in [6, 6.07) is 5.53. The fourth-order valence-corrected chi connectivity index (χ4v) is 1.76. The van der Waals surface area contributed by atoms with Crippen molar-refractivity contribution < 1.29 is 14.6 Å². The van der Waals surface area contributed by atoms with E-state index in [1.807, 2.05) is 18.2 Å². The molecule has 0 aromatic heterocycles. The van der Waals surface area contributed by atoms with E-state index in [1.54, 1.807) is 0 Å². The Hall–Kier alpha value is -1.26. The van der Waals surface area contributed by atoms with Crippen molar-refractivity contribution in [2.75, 3.05) is 19.8 Å². The summed E-state index contributed by atoms with van der Waals surface area (Å²) in [7, 11) is 0. The number of nitrogens with two attached hydrogens (primary N) is 1. The fourth-order valence-electron chi connectivity index (χ4n) is 1.76. The maximum Gasteiger partial charge on any atom is 0.164 e. The van der Waals surface area contributed by atoms with E-state index in [0.717, 1.165) is 23.5 Å². The van der Waals surface area contributed by atoms with Gasteiger partial charge in [0.15, 0.2) is 11.5 Å². The van der Waals surface area contributed by atoms with Gasteiger partial charge < -0.3 is 20.3 Å². The zero-order valence-electron chi connectivity index (χ0n) is 9.19. The molecule has 4 heteroatoms. The third-order valence-corrected chi connectivity index (χ3v) is 2.57. The molecule has 0 spiro atoms. The van der Waals surface area contributed by atoms with Gasteiger partial charge in [0.1, 0.15) is 0 Å². The Kier molecular flexibility index (Phi) is 3.64. The molecule has 0 bridgehead atoms. The number of fused-ring (bicyclic) bond motifs is 1. The van der Waals surface area contributed by atoms with Crippen molar-refractivity contribution in [3.63, 3.8) is 0 Å². The number of rotatable bonds is 3. The molecule has 0 aliphatic carbocycles. The van der Waals surface area contributed by atoms with Gasteiger partial charge in [0.2, 0.25) is 0 Å². The van der Waals surface area contributed by atoms with E-state index in [9.17, 15) is 0 Å². The molecule has 0 radical (unpaired) electrons. The quantitative estimate of drug-likeness (QED) is 0.792. The van der Waals surface area contributed by atoms with E-state index < -0.39 is 0 Å². The summed E-state index contributed by atoms with van der Waals surface area (Å²) in [5, 5.41) is 8.96. The summed E-state index contributed by atoms with van der Waals surface area (Å²) in [5.41, 5.74) is 6.73. The summed E-state index contributed by atoms with van der Waals surface area (Å²) in [6.45, 7) is 1.32. The number of para-hydroxylation sites is 1. The van der Waals surface area contributed by atoms with E-state index in [4.69, 9.17) is 20.3 Å². The highest BCUT2D eigenvalue weighted by Crippen LogP contribution is 2.33. The minimum Gasteiger partial charge on any atom is -0.490 e. The molecule has 1 atom stereocenters. The third-order valence-electron chi connectivity index (χ3n) is 2.57. The minimum atomic E-state index is -0.252. The first kappa shape index (κ1) is 11.2. The van der Waals surface area contributed by atoms with Gasteiger partial charge in [-0.15, -0.1) is 0 Å². The van der Waals surface area contributed by atoms with E-state index in [2.05, 4.69) is 0 Å². The highest BCUT2D eigenvalue weighted by molar-refractivity contribution is 5.47. The van der Waals surface area contributed by atoms with Gasteiger partial charge in [-0.25, -0.2) is 0 Å². The molecule has 88 valence electrons. The van der Waals surface area contributed by atoms with Crippen LogP contribution in [0.25, 0.3) is 0 Å². The molecule has 0 saturated heterocycles. The van der Waals surface area contributed by atoms with Crippen LogP contribution in [0.1, 0.15) is 12.0 Å². The van der Waals surface area contributed by atoms with Crippen LogP contribution >= 0.6 is 0 Å². The van der Waals surface area contributed by atoms with Crippen molar-refractivity contribution in [2.24, 2.45) is 5.73 Å². The molecule has 16 heavy (non-hydrogen) atoms. The molecule has 3 N–H and O–H groups in total. The number of benzene rings is 1. The summed E-state index contributed by atoms with van der Waals surface area (Å²) in [4.78, 5) is 0. The molecule has 1 heterocycles. The van der Waals surface area contributed by atoms with Crippen LogP contribution in [-0.2, 0) is 6.42 Å². The van der Waals surface area contributed by atoms with E-state index in [1.165, 1.54) is 0 Å². The molecular weight excluding hydrogens is 206 g/mol. The maximum absolute atomic E-state index is 8.96. The van der Waals surface area contributed by atoms with Crippen molar-refractivity contribution in [3.8, 4) is 11.5 Å². The summed E-state index contributed by atoms with van der Waals surface area (Å²) >= 11 is 0. The lowest BCUT2D eigenvalue weighted by Gasteiger charge is -2.14. The van der Waals surface area contributed by atoms with Crippen LogP contribution in [0.5, 0.6) is 11.5 Å². The SMILES string of the molecule is NC(CO)Cc1cccc2c1OCCCO2. The van der Waals surface area contributed by atoms with Crippen LogP contribution in [-0.4, -0.2) is 31.0 Å². The van der Waals surface area contributed by atoms with Crippen LogP contribution in [0.2, 0.25) is 0 Å². The minimum absolute atomic E-state index is 0.0233. The number of ether oxygens (including phenoxy) is 2. The zero-order valence-corrected chi connectivity index (χ0v) is 9.19. The summed E-state index contributed by atoms with van der Waals surface area (Å²) in [6.07, 6.45) is 1.49. The highest BCUT2D eigenvalue weighted by Gasteiger charge is 2.15. The molecule has 1 unspecified atom stereocenters. The molecule has 0 amide bonds. The fraction of sp³-hybridized carbons (Fsp3) is 0.500. The molecule has 1 aliphatic rings. The number of aliphatic hydroxyl groups excluding tert-OH is 1. The molecule has 0 saturated carbocycles. The summed E-state index contributed by atoms with van der Waals surface area (Å²) < 4.78 is 11.2. The first-order chi connectivity index (χ1) is 7.81. The second kappa shape index (κ2) is 5.18. The van der Waals surface area contributed by atoms with Crippen LogP contribution in [0.4, 0.5) is 0 Å². The lowest BCUT2D eigenvalue weighted by Crippen LogP contribution is -2.27. The topological polar surface area (TPSA) is 64.7 Å². The molecule has 0 fully saturated rings. The number of aliphatic hydroxyl groups is 1. The number of hydrogen-bond donors (Lipinski definition) is 2. The van der Waals surface area contributed by atoms with Crippen molar-refractivity contribution in [1.82, 2.24) is 0 Å². The lowest BCUT2D eigenvalue weighted by atomic mass is 10.1. The molecule has 1 aliphatic heterocycles. The first-order valence-corrected chi connectivity index (χ1v) is 5.55. The second-order valence-electron chi connectivity index (χ2n) is 3.94. The Morgan fingerprint density at radius 2 is 2.12 bits per heavy atom. The largest absolute Gasteiger partial charge is 0.490 e. The average molecular weight is 223 g/mol. The van der Waals surface area contributed by atoms with Gasteiger partial charge in [0.05, 0.1) is 19.8 Å². The Labute approximate surface area is 95.0 Å². The maximum atomic E-state index is 8.96. The zero-order chi connectivity index (χ0) is 11.4. The van der Waals surface area contributed by atoms with Gasteiger partial charge >= 0.3 is 0 Å². The number of hydrogen-bond acceptors (Lipinski definition) is 4. The van der Waals surface area contributed by atoms with Crippen molar-refractivity contribution in [3.05, 3.63) is 23.8 Å². The third kappa shape index (κ3) is 2.46. The second-order valence-corrected chi connectivity index (χ2v) is 3.94. The first-order valence-electron chi connectivity index (χ1n) is 5.55. The van der Waals surface area contributed by atoms with Crippen LogP contribution in [0.15, 0.2) is 18.2 Å². The average Bonchev–Trinajstić information content (AvgIpc) is 2.54. The molecule has 1 aromatic carbocycles.